The highest BCUT2D eigenvalue weighted by Gasteiger charge is 2.17. The molecule has 1 aromatic heterocycles. The second kappa shape index (κ2) is 5.26. The van der Waals surface area contributed by atoms with Crippen LogP contribution in [-0.2, 0) is 11.3 Å². The summed E-state index contributed by atoms with van der Waals surface area (Å²) in [5, 5.41) is 2.90. The number of aromatic amines is 1. The van der Waals surface area contributed by atoms with Crippen LogP contribution in [-0.4, -0.2) is 16.9 Å². The minimum Gasteiger partial charge on any atom is -0.378 e. The fourth-order valence-electron chi connectivity index (χ4n) is 1.56. The molecule has 0 atom stereocenters. The molecule has 0 saturated heterocycles. The lowest BCUT2D eigenvalue weighted by Crippen LogP contribution is -2.16. The molecule has 0 spiro atoms. The molecule has 96 valence electrons. The van der Waals surface area contributed by atoms with Gasteiger partial charge in [0.25, 0.3) is 5.56 Å². The Kier molecular flexibility index (Phi) is 3.89. The lowest BCUT2D eigenvalue weighted by molar-refractivity contribution is 0.180. The van der Waals surface area contributed by atoms with Crippen LogP contribution in [0.15, 0.2) is 27.5 Å². The molecule has 0 fully saturated rings. The van der Waals surface area contributed by atoms with Crippen LogP contribution in [0.5, 0.6) is 0 Å². The maximum atomic E-state index is 13.7. The van der Waals surface area contributed by atoms with Crippen molar-refractivity contribution in [3.63, 3.8) is 0 Å². The fraction of sp³-hybridized carbons (Fsp3) is 0.182. The second-order valence-electron chi connectivity index (χ2n) is 3.55. The predicted octanol–water partition coefficient (Wildman–Crippen LogP) is 2.87. The number of para-hydroxylation sites is 1. The molecule has 0 unspecified atom stereocenters. The lowest BCUT2D eigenvalue weighted by atomic mass is 10.3. The van der Waals surface area contributed by atoms with Gasteiger partial charge in [-0.3, -0.25) is 9.89 Å². The number of nitrogens with one attached hydrogen (secondary N) is 1. The van der Waals surface area contributed by atoms with Gasteiger partial charge in [-0.1, -0.05) is 17.7 Å². The third-order valence-corrected chi connectivity index (χ3v) is 3.48. The highest BCUT2D eigenvalue weighted by molar-refractivity contribution is 9.10. The summed E-state index contributed by atoms with van der Waals surface area (Å²) < 4.78 is 20.0. The maximum absolute atomic E-state index is 13.7. The van der Waals surface area contributed by atoms with E-state index in [-0.39, 0.29) is 17.3 Å². The first-order valence-electron chi connectivity index (χ1n) is 4.99. The smallest absolute Gasteiger partial charge is 0.286 e. The van der Waals surface area contributed by atoms with Gasteiger partial charge in [-0.2, -0.15) is 0 Å². The average Bonchev–Trinajstić information content (AvgIpc) is 2.59. The minimum atomic E-state index is -0.581. The lowest BCUT2D eigenvalue weighted by Gasteiger charge is -2.05. The topological polar surface area (TPSA) is 47.0 Å². The second-order valence-corrected chi connectivity index (χ2v) is 4.75. The third kappa shape index (κ3) is 2.23. The molecule has 1 heterocycles. The van der Waals surface area contributed by atoms with Crippen LogP contribution >= 0.6 is 27.5 Å². The summed E-state index contributed by atoms with van der Waals surface area (Å²) in [6.07, 6.45) is 0. The van der Waals surface area contributed by atoms with Crippen molar-refractivity contribution in [2.24, 2.45) is 0 Å². The zero-order valence-electron chi connectivity index (χ0n) is 9.34. The quantitative estimate of drug-likeness (QED) is 0.937. The molecule has 7 heteroatoms. The van der Waals surface area contributed by atoms with Crippen molar-refractivity contribution < 1.29 is 9.13 Å². The number of aromatic nitrogens is 2. The monoisotopic (exact) mass is 334 g/mol. The number of rotatable bonds is 3. The highest BCUT2D eigenvalue weighted by atomic mass is 79.9. The van der Waals surface area contributed by atoms with E-state index < -0.39 is 11.4 Å². The van der Waals surface area contributed by atoms with Gasteiger partial charge in [0.15, 0.2) is 0 Å². The van der Waals surface area contributed by atoms with Gasteiger partial charge in [-0.15, -0.1) is 0 Å². The fourth-order valence-corrected chi connectivity index (χ4v) is 2.19. The predicted molar refractivity (Wildman–Crippen MR) is 69.8 cm³/mol. The Morgan fingerprint density at radius 2 is 2.28 bits per heavy atom. The molecule has 0 amide bonds. The summed E-state index contributed by atoms with van der Waals surface area (Å²) in [6.45, 7) is 0.203. The van der Waals surface area contributed by atoms with E-state index >= 15 is 0 Å². The number of methoxy groups -OCH3 is 1. The summed E-state index contributed by atoms with van der Waals surface area (Å²) in [5.74, 6) is -0.581. The number of nitrogens with zero attached hydrogens (tertiary/aromatic N) is 1. The van der Waals surface area contributed by atoms with Gasteiger partial charge in [0.05, 0.1) is 17.3 Å². The normalized spacial score (nSPS) is 10.9. The molecule has 1 N–H and O–H groups in total. The SMILES string of the molecule is COCc1[nH]n(-c2c(F)cccc2Cl)c(=O)c1Br. The van der Waals surface area contributed by atoms with Crippen LogP contribution in [0.25, 0.3) is 5.69 Å². The van der Waals surface area contributed by atoms with Crippen LogP contribution in [0.4, 0.5) is 4.39 Å². The molecule has 2 rings (SSSR count). The molecular weight excluding hydrogens is 326 g/mol. The molecule has 0 radical (unpaired) electrons. The molecule has 1 aromatic carbocycles. The van der Waals surface area contributed by atoms with E-state index in [1.54, 1.807) is 0 Å². The Morgan fingerprint density at radius 1 is 1.56 bits per heavy atom. The van der Waals surface area contributed by atoms with Crippen molar-refractivity contribution in [2.75, 3.05) is 7.11 Å². The van der Waals surface area contributed by atoms with Crippen LogP contribution in [0, 0.1) is 5.82 Å². The summed E-state index contributed by atoms with van der Waals surface area (Å²) in [6, 6.07) is 4.22. The van der Waals surface area contributed by atoms with Crippen molar-refractivity contribution in [1.82, 2.24) is 9.78 Å². The summed E-state index contributed by atoms with van der Waals surface area (Å²) in [4.78, 5) is 12.0. The first kappa shape index (κ1) is 13.3. The Balaban J connectivity index is 2.65. The Morgan fingerprint density at radius 3 is 2.89 bits per heavy atom. The zero-order valence-corrected chi connectivity index (χ0v) is 11.7. The number of hydrogen-bond acceptors (Lipinski definition) is 2. The molecule has 0 aliphatic rings. The third-order valence-electron chi connectivity index (χ3n) is 2.35. The van der Waals surface area contributed by atoms with E-state index in [2.05, 4.69) is 21.0 Å². The standard InChI is InChI=1S/C11H9BrClFN2O2/c1-18-5-8-9(12)11(17)16(15-8)10-6(13)3-2-4-7(10)14/h2-4,15H,5H2,1H3. The first-order chi connectivity index (χ1) is 8.56. The highest BCUT2D eigenvalue weighted by Crippen LogP contribution is 2.23. The number of benzene rings is 1. The molecular formula is C11H9BrClFN2O2. The van der Waals surface area contributed by atoms with E-state index in [0.717, 1.165) is 4.68 Å². The van der Waals surface area contributed by atoms with Crippen molar-refractivity contribution in [1.29, 1.82) is 0 Å². The number of ether oxygens (including phenoxy) is 1. The molecule has 0 bridgehead atoms. The molecule has 0 aliphatic carbocycles. The van der Waals surface area contributed by atoms with E-state index in [1.807, 2.05) is 0 Å². The van der Waals surface area contributed by atoms with Crippen LogP contribution in [0.3, 0.4) is 0 Å². The van der Waals surface area contributed by atoms with Gasteiger partial charge in [0, 0.05) is 7.11 Å². The zero-order chi connectivity index (χ0) is 13.3. The summed E-state index contributed by atoms with van der Waals surface area (Å²) in [7, 11) is 1.50. The summed E-state index contributed by atoms with van der Waals surface area (Å²) in [5.41, 5.74) is 0.0862. The molecule has 0 aliphatic heterocycles. The largest absolute Gasteiger partial charge is 0.378 e. The van der Waals surface area contributed by atoms with E-state index in [0.29, 0.717) is 10.2 Å². The minimum absolute atomic E-state index is 0.00720. The van der Waals surface area contributed by atoms with Crippen molar-refractivity contribution in [2.45, 2.75) is 6.61 Å². The number of hydrogen-bond donors (Lipinski definition) is 1. The average molecular weight is 336 g/mol. The van der Waals surface area contributed by atoms with Crippen molar-refractivity contribution in [3.05, 3.63) is 49.6 Å². The summed E-state index contributed by atoms with van der Waals surface area (Å²) >= 11 is 9.05. The molecule has 18 heavy (non-hydrogen) atoms. The molecule has 4 nitrogen and oxygen atoms in total. The van der Waals surface area contributed by atoms with Gasteiger partial charge < -0.3 is 4.74 Å². The van der Waals surface area contributed by atoms with Gasteiger partial charge >= 0.3 is 0 Å². The van der Waals surface area contributed by atoms with Crippen LogP contribution < -0.4 is 5.56 Å². The van der Waals surface area contributed by atoms with Crippen LogP contribution in [0.2, 0.25) is 5.02 Å². The number of halogens is 3. The van der Waals surface area contributed by atoms with E-state index in [9.17, 15) is 9.18 Å². The Bertz CT molecular complexity index is 618. The van der Waals surface area contributed by atoms with Crippen molar-refractivity contribution >= 4 is 27.5 Å². The first-order valence-corrected chi connectivity index (χ1v) is 6.16. The van der Waals surface area contributed by atoms with Gasteiger partial charge in [0.1, 0.15) is 16.0 Å². The van der Waals surface area contributed by atoms with Gasteiger partial charge in [-0.05, 0) is 28.1 Å². The van der Waals surface area contributed by atoms with Crippen molar-refractivity contribution in [3.8, 4) is 5.69 Å². The van der Waals surface area contributed by atoms with Crippen LogP contribution in [0.1, 0.15) is 5.69 Å². The maximum Gasteiger partial charge on any atom is 0.286 e. The van der Waals surface area contributed by atoms with Gasteiger partial charge in [-0.25, -0.2) is 9.07 Å². The van der Waals surface area contributed by atoms with Gasteiger partial charge in [0.2, 0.25) is 0 Å². The van der Waals surface area contributed by atoms with E-state index in [4.69, 9.17) is 16.3 Å². The Hall–Kier alpha value is -1.11. The number of H-pyrrole nitrogens is 1. The molecule has 2 aromatic rings. The molecule has 0 saturated carbocycles. The van der Waals surface area contributed by atoms with E-state index in [1.165, 1.54) is 25.3 Å². The Labute approximate surface area is 115 Å².